The molecular weight excluding hydrogens is 236 g/mol. The molecule has 0 spiro atoms. The van der Waals surface area contributed by atoms with Gasteiger partial charge in [-0.1, -0.05) is 0 Å². The highest BCUT2D eigenvalue weighted by Crippen LogP contribution is 2.05. The summed E-state index contributed by atoms with van der Waals surface area (Å²) in [6.45, 7) is 2.39. The number of carbonyl (C=O) groups is 2. The minimum atomic E-state index is -0.573. The molecule has 6 nitrogen and oxygen atoms in total. The molecule has 18 heavy (non-hydrogen) atoms. The Bertz CT molecular complexity index is 419. The van der Waals surface area contributed by atoms with Gasteiger partial charge in [-0.25, -0.2) is 0 Å². The van der Waals surface area contributed by atoms with Gasteiger partial charge in [0.05, 0.1) is 0 Å². The molecule has 0 radical (unpaired) electrons. The topological polar surface area (TPSA) is 100 Å². The maximum atomic E-state index is 10.6. The van der Waals surface area contributed by atoms with Crippen LogP contribution in [0.15, 0.2) is 23.7 Å². The lowest BCUT2D eigenvalue weighted by Gasteiger charge is -1.98. The maximum absolute atomic E-state index is 10.6. The van der Waals surface area contributed by atoms with E-state index in [1.54, 1.807) is 12.1 Å². The standard InChI is InChI=1S/C12H12N2O4/c1-9(15)17-11(7-13)5-3-4-6-12(8-14)18-10(2)16/h5-6H,3-4H2,1-2H3/b11-5+,12-6+. The van der Waals surface area contributed by atoms with E-state index in [9.17, 15) is 9.59 Å². The minimum Gasteiger partial charge on any atom is -0.416 e. The molecule has 0 aromatic carbocycles. The predicted octanol–water partition coefficient (Wildman–Crippen LogP) is 1.71. The fourth-order valence-corrected chi connectivity index (χ4v) is 0.959. The zero-order valence-electron chi connectivity index (χ0n) is 10.1. The van der Waals surface area contributed by atoms with Crippen molar-refractivity contribution in [2.45, 2.75) is 26.7 Å². The van der Waals surface area contributed by atoms with Crippen LogP contribution in [0.25, 0.3) is 0 Å². The number of hydrogen-bond acceptors (Lipinski definition) is 6. The maximum Gasteiger partial charge on any atom is 0.308 e. The first-order valence-corrected chi connectivity index (χ1v) is 5.07. The third-order valence-corrected chi connectivity index (χ3v) is 1.55. The molecule has 0 aliphatic carbocycles. The quantitative estimate of drug-likeness (QED) is 0.317. The highest BCUT2D eigenvalue weighted by molar-refractivity contribution is 5.68. The summed E-state index contributed by atoms with van der Waals surface area (Å²) in [5.41, 5.74) is 0. The van der Waals surface area contributed by atoms with Crippen molar-refractivity contribution in [1.29, 1.82) is 10.5 Å². The molecule has 94 valence electrons. The van der Waals surface area contributed by atoms with E-state index in [0.29, 0.717) is 12.8 Å². The summed E-state index contributed by atoms with van der Waals surface area (Å²) in [5.74, 6) is -1.34. The summed E-state index contributed by atoms with van der Waals surface area (Å²) in [6.07, 6.45) is 3.59. The molecule has 0 aliphatic rings. The van der Waals surface area contributed by atoms with Crippen molar-refractivity contribution < 1.29 is 19.1 Å². The van der Waals surface area contributed by atoms with Gasteiger partial charge in [0.1, 0.15) is 12.1 Å². The molecule has 6 heteroatoms. The number of ether oxygens (including phenoxy) is 2. The smallest absolute Gasteiger partial charge is 0.308 e. The van der Waals surface area contributed by atoms with Crippen LogP contribution < -0.4 is 0 Å². The van der Waals surface area contributed by atoms with Crippen LogP contribution in [0.5, 0.6) is 0 Å². The minimum absolute atomic E-state index is 0.0955. The lowest BCUT2D eigenvalue weighted by Crippen LogP contribution is -1.97. The van der Waals surface area contributed by atoms with Gasteiger partial charge in [0, 0.05) is 13.8 Å². The fourth-order valence-electron chi connectivity index (χ4n) is 0.959. The Labute approximate surface area is 105 Å². The van der Waals surface area contributed by atoms with E-state index in [-0.39, 0.29) is 11.5 Å². The number of carbonyl (C=O) groups excluding carboxylic acids is 2. The SMILES string of the molecule is CC(=O)O/C(C#N)=C/CC/C=C(\C#N)OC(C)=O. The van der Waals surface area contributed by atoms with Crippen molar-refractivity contribution in [1.82, 2.24) is 0 Å². The van der Waals surface area contributed by atoms with E-state index in [4.69, 9.17) is 10.5 Å². The van der Waals surface area contributed by atoms with Crippen LogP contribution in [0.4, 0.5) is 0 Å². The highest BCUT2D eigenvalue weighted by Gasteiger charge is 2.01. The Balaban J connectivity index is 4.33. The van der Waals surface area contributed by atoms with Crippen LogP contribution in [-0.2, 0) is 19.1 Å². The van der Waals surface area contributed by atoms with Gasteiger partial charge in [-0.2, -0.15) is 10.5 Å². The summed E-state index contributed by atoms with van der Waals surface area (Å²) in [4.78, 5) is 21.2. The Kier molecular flexibility index (Phi) is 7.31. The van der Waals surface area contributed by atoms with Gasteiger partial charge < -0.3 is 9.47 Å². The second kappa shape index (κ2) is 8.54. The highest BCUT2D eigenvalue weighted by atomic mass is 16.5. The van der Waals surface area contributed by atoms with Crippen molar-refractivity contribution in [3.05, 3.63) is 23.7 Å². The van der Waals surface area contributed by atoms with E-state index in [2.05, 4.69) is 9.47 Å². The summed E-state index contributed by atoms with van der Waals surface area (Å²) in [7, 11) is 0. The molecule has 0 rings (SSSR count). The van der Waals surface area contributed by atoms with Gasteiger partial charge in [-0.05, 0) is 25.0 Å². The van der Waals surface area contributed by atoms with Crippen molar-refractivity contribution in [3.63, 3.8) is 0 Å². The summed E-state index contributed by atoms with van der Waals surface area (Å²) in [5, 5.41) is 17.2. The Morgan fingerprint density at radius 3 is 1.50 bits per heavy atom. The van der Waals surface area contributed by atoms with E-state index in [1.165, 1.54) is 26.0 Å². The first-order chi connectivity index (χ1) is 8.49. The van der Waals surface area contributed by atoms with Gasteiger partial charge in [0.25, 0.3) is 0 Å². The molecule has 0 unspecified atom stereocenters. The van der Waals surface area contributed by atoms with Gasteiger partial charge >= 0.3 is 11.9 Å². The predicted molar refractivity (Wildman–Crippen MR) is 60.2 cm³/mol. The van der Waals surface area contributed by atoms with Crippen molar-refractivity contribution in [2.24, 2.45) is 0 Å². The number of allylic oxidation sites excluding steroid dienone is 4. The van der Waals surface area contributed by atoms with Crippen molar-refractivity contribution >= 4 is 11.9 Å². The molecule has 0 N–H and O–H groups in total. The van der Waals surface area contributed by atoms with Gasteiger partial charge in [0.15, 0.2) is 0 Å². The molecule has 0 aromatic rings. The van der Waals surface area contributed by atoms with Crippen LogP contribution in [0.1, 0.15) is 26.7 Å². The van der Waals surface area contributed by atoms with Gasteiger partial charge in [-0.3, -0.25) is 9.59 Å². The zero-order chi connectivity index (χ0) is 14.0. The third kappa shape index (κ3) is 7.66. The second-order valence-electron chi connectivity index (χ2n) is 3.12. The zero-order valence-corrected chi connectivity index (χ0v) is 10.1. The molecule has 0 saturated heterocycles. The molecule has 0 heterocycles. The number of esters is 2. The van der Waals surface area contributed by atoms with Gasteiger partial charge in [0.2, 0.25) is 11.5 Å². The lowest BCUT2D eigenvalue weighted by atomic mass is 10.2. The molecule has 0 saturated carbocycles. The normalized spacial score (nSPS) is 11.1. The van der Waals surface area contributed by atoms with E-state index in [0.717, 1.165) is 0 Å². The molecule has 0 bridgehead atoms. The number of nitriles is 2. The summed E-state index contributed by atoms with van der Waals surface area (Å²) >= 11 is 0. The van der Waals surface area contributed by atoms with E-state index >= 15 is 0 Å². The third-order valence-electron chi connectivity index (χ3n) is 1.55. The number of hydrogen-bond donors (Lipinski definition) is 0. The van der Waals surface area contributed by atoms with Crippen LogP contribution in [0, 0.1) is 22.7 Å². The van der Waals surface area contributed by atoms with E-state index in [1.807, 2.05) is 0 Å². The number of rotatable bonds is 5. The van der Waals surface area contributed by atoms with Crippen LogP contribution in [-0.4, -0.2) is 11.9 Å². The molecule has 0 fully saturated rings. The van der Waals surface area contributed by atoms with Crippen molar-refractivity contribution in [3.8, 4) is 12.1 Å². The first kappa shape index (κ1) is 15.4. The van der Waals surface area contributed by atoms with Gasteiger partial charge in [-0.15, -0.1) is 0 Å². The lowest BCUT2D eigenvalue weighted by molar-refractivity contribution is -0.137. The molecular formula is C12H12N2O4. The van der Waals surface area contributed by atoms with Crippen LogP contribution >= 0.6 is 0 Å². The molecule has 0 amide bonds. The van der Waals surface area contributed by atoms with E-state index < -0.39 is 11.9 Å². The molecule has 0 aliphatic heterocycles. The summed E-state index contributed by atoms with van der Waals surface area (Å²) < 4.78 is 9.17. The monoisotopic (exact) mass is 248 g/mol. The second-order valence-corrected chi connectivity index (χ2v) is 3.12. The Morgan fingerprint density at radius 1 is 0.944 bits per heavy atom. The first-order valence-electron chi connectivity index (χ1n) is 5.07. The molecule has 0 atom stereocenters. The fraction of sp³-hybridized carbons (Fsp3) is 0.333. The average Bonchev–Trinajstić information content (AvgIpc) is 2.30. The number of nitrogens with zero attached hydrogens (tertiary/aromatic N) is 2. The Hall–Kier alpha value is -2.60. The largest absolute Gasteiger partial charge is 0.416 e. The average molecular weight is 248 g/mol. The summed E-state index contributed by atoms with van der Waals surface area (Å²) in [6, 6.07) is 3.43. The number of unbranched alkanes of at least 4 members (excludes halogenated alkanes) is 1. The Morgan fingerprint density at radius 2 is 1.28 bits per heavy atom. The van der Waals surface area contributed by atoms with Crippen LogP contribution in [0.2, 0.25) is 0 Å². The van der Waals surface area contributed by atoms with Crippen molar-refractivity contribution in [2.75, 3.05) is 0 Å². The van der Waals surface area contributed by atoms with Crippen LogP contribution in [0.3, 0.4) is 0 Å². The molecule has 0 aromatic heterocycles.